The van der Waals surface area contributed by atoms with Gasteiger partial charge in [-0.2, -0.15) is 0 Å². The molecule has 2 fully saturated rings. The zero-order valence-electron chi connectivity index (χ0n) is 28.2. The highest BCUT2D eigenvalue weighted by atomic mass is 16.6. The summed E-state index contributed by atoms with van der Waals surface area (Å²) in [7, 11) is 1.55. The van der Waals surface area contributed by atoms with E-state index in [1.165, 1.54) is 22.5 Å². The number of carbonyl (C=O) groups is 4. The quantitative estimate of drug-likeness (QED) is 0.258. The number of nitrogens with one attached hydrogen (secondary N) is 2. The van der Waals surface area contributed by atoms with Crippen LogP contribution in [-0.4, -0.2) is 93.0 Å². The van der Waals surface area contributed by atoms with Crippen LogP contribution in [-0.2, 0) is 32.0 Å². The van der Waals surface area contributed by atoms with Gasteiger partial charge in [0, 0.05) is 44.7 Å². The summed E-state index contributed by atoms with van der Waals surface area (Å²) < 4.78 is 5.82. The zero-order valence-corrected chi connectivity index (χ0v) is 28.2. The number of Topliss-reactive ketones (excluding diaryl/α,β-unsaturated/α-hetero) is 1. The molecule has 0 bridgehead atoms. The van der Waals surface area contributed by atoms with Crippen LogP contribution >= 0.6 is 0 Å². The maximum absolute atomic E-state index is 14.2. The standard InChI is InChI=1S/C36H53N5O6/c1-25(2)16-17-32(43)30(19-26-11-6-4-7-12-26)39-34(44)31(21-28-22-37-24-38-28)40(3)35(45)33(20-27-13-8-5-9-14-27)47-36(46)41-18-10-15-29(42)23-41/h5,8-9,13-14,22,24-26,30-33,43H,4,6-7,10-12,15-21,23H2,1-3H3,(H,37,38)(H,39,44)/t30-,31-,32-,33-/m0/s1. The maximum Gasteiger partial charge on any atom is 0.410 e. The van der Waals surface area contributed by atoms with E-state index in [9.17, 15) is 24.3 Å². The Labute approximate surface area is 278 Å². The Morgan fingerprint density at radius 1 is 1.09 bits per heavy atom. The van der Waals surface area contributed by atoms with Crippen molar-refractivity contribution in [2.24, 2.45) is 11.8 Å². The van der Waals surface area contributed by atoms with Gasteiger partial charge in [-0.25, -0.2) is 9.78 Å². The number of rotatable bonds is 15. The van der Waals surface area contributed by atoms with Crippen molar-refractivity contribution in [1.29, 1.82) is 0 Å². The number of nitrogens with zero attached hydrogens (tertiary/aromatic N) is 3. The van der Waals surface area contributed by atoms with Gasteiger partial charge in [0.2, 0.25) is 5.91 Å². The fourth-order valence-electron chi connectivity index (χ4n) is 6.67. The number of aliphatic hydroxyl groups excluding tert-OH is 1. The second-order valence-corrected chi connectivity index (χ2v) is 13.8. The van der Waals surface area contributed by atoms with Crippen molar-refractivity contribution in [3.05, 3.63) is 54.1 Å². The summed E-state index contributed by atoms with van der Waals surface area (Å²) in [5, 5.41) is 14.5. The van der Waals surface area contributed by atoms with Gasteiger partial charge in [-0.3, -0.25) is 14.4 Å². The van der Waals surface area contributed by atoms with Gasteiger partial charge in [0.25, 0.3) is 5.91 Å². The molecule has 3 N–H and O–H groups in total. The molecule has 258 valence electrons. The zero-order chi connectivity index (χ0) is 33.8. The Kier molecular flexibility index (Phi) is 13.8. The molecular formula is C36H53N5O6. The number of ether oxygens (including phenoxy) is 1. The van der Waals surface area contributed by atoms with Crippen molar-refractivity contribution in [3.63, 3.8) is 0 Å². The van der Waals surface area contributed by atoms with E-state index >= 15 is 0 Å². The molecule has 2 aliphatic rings. The number of amides is 3. The first-order valence-corrected chi connectivity index (χ1v) is 17.3. The minimum Gasteiger partial charge on any atom is -0.436 e. The number of imidazole rings is 1. The molecule has 1 aromatic carbocycles. The van der Waals surface area contributed by atoms with Crippen LogP contribution in [0.4, 0.5) is 4.79 Å². The number of aromatic amines is 1. The van der Waals surface area contributed by atoms with Crippen molar-refractivity contribution >= 4 is 23.7 Å². The average molecular weight is 652 g/mol. The number of aromatic nitrogens is 2. The maximum atomic E-state index is 14.2. The summed E-state index contributed by atoms with van der Waals surface area (Å²) in [5.74, 6) is -0.129. The van der Waals surface area contributed by atoms with Crippen LogP contribution in [0.3, 0.4) is 0 Å². The minimum absolute atomic E-state index is 0.0483. The van der Waals surface area contributed by atoms with Gasteiger partial charge in [-0.15, -0.1) is 0 Å². The molecule has 11 heteroatoms. The second kappa shape index (κ2) is 18.0. The minimum atomic E-state index is -1.22. The first-order chi connectivity index (χ1) is 22.6. The van der Waals surface area contributed by atoms with Gasteiger partial charge in [0.1, 0.15) is 6.04 Å². The summed E-state index contributed by atoms with van der Waals surface area (Å²) in [6.45, 7) is 4.56. The molecule has 4 atom stereocenters. The van der Waals surface area contributed by atoms with Crippen molar-refractivity contribution < 1.29 is 29.0 Å². The van der Waals surface area contributed by atoms with Crippen LogP contribution in [0.15, 0.2) is 42.9 Å². The fraction of sp³-hybridized carbons (Fsp3) is 0.639. The molecule has 11 nitrogen and oxygen atoms in total. The molecule has 0 unspecified atom stereocenters. The molecule has 2 heterocycles. The van der Waals surface area contributed by atoms with Crippen LogP contribution in [0.1, 0.15) is 89.3 Å². The Morgan fingerprint density at radius 3 is 2.49 bits per heavy atom. The Hall–Kier alpha value is -3.73. The van der Waals surface area contributed by atoms with E-state index in [1.54, 1.807) is 13.2 Å². The molecule has 1 aliphatic heterocycles. The van der Waals surface area contributed by atoms with E-state index in [2.05, 4.69) is 29.1 Å². The summed E-state index contributed by atoms with van der Waals surface area (Å²) in [6, 6.07) is 7.83. The number of hydrogen-bond acceptors (Lipinski definition) is 7. The topological polar surface area (TPSA) is 145 Å². The summed E-state index contributed by atoms with van der Waals surface area (Å²) >= 11 is 0. The summed E-state index contributed by atoms with van der Waals surface area (Å²) in [6.07, 6.45) is 9.46. The number of aliphatic hydroxyl groups is 1. The molecule has 0 spiro atoms. The lowest BCUT2D eigenvalue weighted by atomic mass is 9.83. The third-order valence-corrected chi connectivity index (χ3v) is 9.52. The third-order valence-electron chi connectivity index (χ3n) is 9.52. The average Bonchev–Trinajstić information content (AvgIpc) is 3.59. The van der Waals surface area contributed by atoms with Gasteiger partial charge >= 0.3 is 6.09 Å². The Morgan fingerprint density at radius 2 is 1.83 bits per heavy atom. The number of likely N-dealkylation sites (tertiary alicyclic amines) is 1. The van der Waals surface area contributed by atoms with Crippen molar-refractivity contribution in [2.45, 2.75) is 115 Å². The molecule has 47 heavy (non-hydrogen) atoms. The molecule has 3 amide bonds. The Balaban J connectivity index is 1.56. The monoisotopic (exact) mass is 651 g/mol. The number of benzene rings is 1. The van der Waals surface area contributed by atoms with E-state index in [1.807, 2.05) is 30.3 Å². The van der Waals surface area contributed by atoms with Crippen LogP contribution in [0.5, 0.6) is 0 Å². The van der Waals surface area contributed by atoms with Gasteiger partial charge in [0.05, 0.1) is 25.0 Å². The third kappa shape index (κ3) is 11.2. The van der Waals surface area contributed by atoms with E-state index in [4.69, 9.17) is 4.74 Å². The molecular weight excluding hydrogens is 598 g/mol. The number of H-pyrrole nitrogens is 1. The predicted octanol–water partition coefficient (Wildman–Crippen LogP) is 4.44. The first kappa shape index (κ1) is 36.1. The second-order valence-electron chi connectivity index (χ2n) is 13.8. The largest absolute Gasteiger partial charge is 0.436 e. The molecule has 1 aromatic heterocycles. The summed E-state index contributed by atoms with van der Waals surface area (Å²) in [4.78, 5) is 63.5. The van der Waals surface area contributed by atoms with Crippen LogP contribution in [0.2, 0.25) is 0 Å². The van der Waals surface area contributed by atoms with Gasteiger partial charge < -0.3 is 29.9 Å². The number of hydrogen-bond donors (Lipinski definition) is 3. The normalized spacial score (nSPS) is 18.3. The highest BCUT2D eigenvalue weighted by molar-refractivity contribution is 5.91. The lowest BCUT2D eigenvalue weighted by Crippen LogP contribution is -2.56. The molecule has 4 rings (SSSR count). The molecule has 1 aliphatic carbocycles. The van der Waals surface area contributed by atoms with Crippen LogP contribution in [0, 0.1) is 11.8 Å². The molecule has 0 radical (unpaired) electrons. The van der Waals surface area contributed by atoms with Gasteiger partial charge in [-0.1, -0.05) is 76.3 Å². The number of piperidine rings is 1. The number of likely N-dealkylation sites (N-methyl/N-ethyl adjacent to an activating group) is 1. The van der Waals surface area contributed by atoms with Gasteiger partial charge in [0.15, 0.2) is 11.9 Å². The predicted molar refractivity (Wildman–Crippen MR) is 178 cm³/mol. The fourth-order valence-corrected chi connectivity index (χ4v) is 6.67. The number of carbonyl (C=O) groups excluding carboxylic acids is 4. The van der Waals surface area contributed by atoms with E-state index in [-0.39, 0.29) is 31.1 Å². The molecule has 1 saturated carbocycles. The highest BCUT2D eigenvalue weighted by Gasteiger charge is 2.37. The lowest BCUT2D eigenvalue weighted by Gasteiger charge is -2.35. The molecule has 2 aromatic rings. The Bertz CT molecular complexity index is 1280. The molecule has 1 saturated heterocycles. The van der Waals surface area contributed by atoms with Gasteiger partial charge in [-0.05, 0) is 43.1 Å². The van der Waals surface area contributed by atoms with Crippen molar-refractivity contribution in [1.82, 2.24) is 25.1 Å². The van der Waals surface area contributed by atoms with Crippen LogP contribution in [0.25, 0.3) is 0 Å². The van der Waals surface area contributed by atoms with E-state index in [0.717, 1.165) is 37.7 Å². The van der Waals surface area contributed by atoms with Crippen LogP contribution < -0.4 is 5.32 Å². The smallest absolute Gasteiger partial charge is 0.410 e. The first-order valence-electron chi connectivity index (χ1n) is 17.3. The van der Waals surface area contributed by atoms with Crippen molar-refractivity contribution in [2.75, 3.05) is 20.1 Å². The van der Waals surface area contributed by atoms with E-state index in [0.29, 0.717) is 49.8 Å². The number of ketones is 1. The highest BCUT2D eigenvalue weighted by Crippen LogP contribution is 2.29. The summed E-state index contributed by atoms with van der Waals surface area (Å²) in [5.41, 5.74) is 1.45. The van der Waals surface area contributed by atoms with Crippen molar-refractivity contribution in [3.8, 4) is 0 Å². The SMILES string of the molecule is CC(C)CC[C@H](O)[C@H](CC1CCCCC1)NC(=O)[C@H](Cc1cnc[nH]1)N(C)C(=O)[C@H](Cc1ccccc1)OC(=O)N1CCCC(=O)C1. The lowest BCUT2D eigenvalue weighted by molar-refractivity contribution is -0.146. The van der Waals surface area contributed by atoms with E-state index < -0.39 is 36.3 Å².